The van der Waals surface area contributed by atoms with Crippen molar-refractivity contribution in [3.8, 4) is 5.75 Å². The number of ether oxygens (including phenoxy) is 1. The van der Waals surface area contributed by atoms with Gasteiger partial charge < -0.3 is 19.2 Å². The van der Waals surface area contributed by atoms with Crippen LogP contribution in [0, 0.1) is 0 Å². The van der Waals surface area contributed by atoms with E-state index in [1.807, 2.05) is 55.1 Å². The summed E-state index contributed by atoms with van der Waals surface area (Å²) in [5.41, 5.74) is 4.08. The van der Waals surface area contributed by atoms with E-state index < -0.39 is 0 Å². The van der Waals surface area contributed by atoms with E-state index in [2.05, 4.69) is 28.2 Å². The zero-order chi connectivity index (χ0) is 19.0. The molecular weight excluding hydrogens is 338 g/mol. The molecule has 2 aromatic carbocycles. The highest BCUT2D eigenvalue weighted by Gasteiger charge is 2.14. The number of aryl methyl sites for hydroxylation is 2. The Hall–Kier alpha value is -3.21. The van der Waals surface area contributed by atoms with E-state index in [4.69, 9.17) is 4.74 Å². The van der Waals surface area contributed by atoms with Gasteiger partial charge in [-0.1, -0.05) is 18.2 Å². The van der Waals surface area contributed by atoms with E-state index >= 15 is 0 Å². The van der Waals surface area contributed by atoms with Crippen molar-refractivity contribution in [3.63, 3.8) is 0 Å². The van der Waals surface area contributed by atoms with Crippen molar-refractivity contribution >= 4 is 27.7 Å². The van der Waals surface area contributed by atoms with Gasteiger partial charge in [-0.3, -0.25) is 4.79 Å². The number of nitrogens with zero attached hydrogens (tertiary/aromatic N) is 2. The zero-order valence-corrected chi connectivity index (χ0v) is 15.8. The third-order valence-corrected chi connectivity index (χ3v) is 5.14. The van der Waals surface area contributed by atoms with Crippen molar-refractivity contribution in [2.24, 2.45) is 14.1 Å². The lowest BCUT2D eigenvalue weighted by molar-refractivity contribution is 0.0946. The molecular formula is C22H23N3O2. The molecule has 0 atom stereocenters. The fraction of sp³-hybridized carbons (Fsp3) is 0.227. The number of rotatable bonds is 5. The van der Waals surface area contributed by atoms with Crippen LogP contribution in [0.1, 0.15) is 16.1 Å². The van der Waals surface area contributed by atoms with Crippen LogP contribution >= 0.6 is 0 Å². The van der Waals surface area contributed by atoms with Crippen LogP contribution in [0.15, 0.2) is 54.7 Å². The molecule has 4 aromatic rings. The lowest BCUT2D eigenvalue weighted by Crippen LogP contribution is -2.27. The number of nitrogens with one attached hydrogen (secondary N) is 1. The van der Waals surface area contributed by atoms with Crippen LogP contribution in [0.25, 0.3) is 21.8 Å². The SMILES string of the molecule is COc1ccc2cc(C(=O)NCCc3cn(C)c4ccccc34)n(C)c2c1. The summed E-state index contributed by atoms with van der Waals surface area (Å²) in [6.45, 7) is 0.595. The van der Waals surface area contributed by atoms with Crippen molar-refractivity contribution in [2.45, 2.75) is 6.42 Å². The van der Waals surface area contributed by atoms with Crippen LogP contribution in [0.2, 0.25) is 0 Å². The van der Waals surface area contributed by atoms with Crippen LogP contribution in [0.3, 0.4) is 0 Å². The Kier molecular flexibility index (Phi) is 4.36. The Labute approximate surface area is 158 Å². The molecule has 138 valence electrons. The summed E-state index contributed by atoms with van der Waals surface area (Å²) >= 11 is 0. The highest BCUT2D eigenvalue weighted by molar-refractivity contribution is 5.99. The second kappa shape index (κ2) is 6.83. The first-order valence-corrected chi connectivity index (χ1v) is 9.03. The molecule has 0 spiro atoms. The third-order valence-electron chi connectivity index (χ3n) is 5.14. The van der Waals surface area contributed by atoms with Crippen LogP contribution < -0.4 is 10.1 Å². The number of carbonyl (C=O) groups is 1. The van der Waals surface area contributed by atoms with Gasteiger partial charge in [0.1, 0.15) is 11.4 Å². The number of fused-ring (bicyclic) bond motifs is 2. The number of aromatic nitrogens is 2. The molecule has 0 fully saturated rings. The molecule has 27 heavy (non-hydrogen) atoms. The van der Waals surface area contributed by atoms with Gasteiger partial charge in [0, 0.05) is 49.2 Å². The fourth-order valence-electron chi connectivity index (χ4n) is 3.68. The molecule has 0 bridgehead atoms. The molecule has 2 heterocycles. The Morgan fingerprint density at radius 3 is 2.70 bits per heavy atom. The summed E-state index contributed by atoms with van der Waals surface area (Å²) in [5.74, 6) is 0.722. The quantitative estimate of drug-likeness (QED) is 0.590. The summed E-state index contributed by atoms with van der Waals surface area (Å²) in [6.07, 6.45) is 2.94. The summed E-state index contributed by atoms with van der Waals surface area (Å²) in [7, 11) is 5.60. The van der Waals surface area contributed by atoms with Gasteiger partial charge in [-0.15, -0.1) is 0 Å². The molecule has 1 N–H and O–H groups in total. The normalized spacial score (nSPS) is 11.2. The number of methoxy groups -OCH3 is 1. The van der Waals surface area contributed by atoms with E-state index in [1.54, 1.807) is 7.11 Å². The molecule has 0 saturated carbocycles. The standard InChI is InChI=1S/C22H23N3O2/c1-24-14-16(18-6-4-5-7-19(18)24)10-11-23-22(26)21-12-15-8-9-17(27-3)13-20(15)25(21)2/h4-9,12-14H,10-11H2,1-3H3,(H,23,26). The van der Waals surface area contributed by atoms with Gasteiger partial charge in [0.15, 0.2) is 0 Å². The highest BCUT2D eigenvalue weighted by Crippen LogP contribution is 2.24. The summed E-state index contributed by atoms with van der Waals surface area (Å²) in [6, 6.07) is 16.1. The van der Waals surface area contributed by atoms with Gasteiger partial charge in [0.25, 0.3) is 5.91 Å². The first-order chi connectivity index (χ1) is 13.1. The second-order valence-corrected chi connectivity index (χ2v) is 6.80. The molecule has 0 unspecified atom stereocenters. The minimum Gasteiger partial charge on any atom is -0.497 e. The van der Waals surface area contributed by atoms with Crippen molar-refractivity contribution in [1.29, 1.82) is 0 Å². The second-order valence-electron chi connectivity index (χ2n) is 6.80. The molecule has 0 aliphatic rings. The Morgan fingerprint density at radius 2 is 1.89 bits per heavy atom. The van der Waals surface area contributed by atoms with E-state index in [0.717, 1.165) is 23.1 Å². The number of hydrogen-bond donors (Lipinski definition) is 1. The summed E-state index contributed by atoms with van der Waals surface area (Å²) in [5, 5.41) is 5.32. The maximum atomic E-state index is 12.7. The van der Waals surface area contributed by atoms with Crippen LogP contribution in [-0.4, -0.2) is 28.7 Å². The van der Waals surface area contributed by atoms with Crippen molar-refractivity contribution in [1.82, 2.24) is 14.5 Å². The molecule has 0 aliphatic carbocycles. The molecule has 5 heteroatoms. The van der Waals surface area contributed by atoms with Gasteiger partial charge in [-0.05, 0) is 36.2 Å². The van der Waals surface area contributed by atoms with Gasteiger partial charge in [-0.25, -0.2) is 0 Å². The Balaban J connectivity index is 1.49. The average Bonchev–Trinajstić information content (AvgIpc) is 3.19. The van der Waals surface area contributed by atoms with Crippen molar-refractivity contribution in [2.75, 3.05) is 13.7 Å². The smallest absolute Gasteiger partial charge is 0.267 e. The lowest BCUT2D eigenvalue weighted by atomic mass is 10.1. The number of carbonyl (C=O) groups excluding carboxylic acids is 1. The summed E-state index contributed by atoms with van der Waals surface area (Å²) in [4.78, 5) is 12.7. The third kappa shape index (κ3) is 3.05. The number of benzene rings is 2. The largest absolute Gasteiger partial charge is 0.497 e. The number of amides is 1. The van der Waals surface area contributed by atoms with Gasteiger partial charge in [0.2, 0.25) is 0 Å². The van der Waals surface area contributed by atoms with Crippen molar-refractivity contribution < 1.29 is 9.53 Å². The Bertz CT molecular complexity index is 1140. The molecule has 4 rings (SSSR count). The monoisotopic (exact) mass is 361 g/mol. The predicted molar refractivity (Wildman–Crippen MR) is 108 cm³/mol. The lowest BCUT2D eigenvalue weighted by Gasteiger charge is -2.07. The van der Waals surface area contributed by atoms with Crippen LogP contribution in [0.5, 0.6) is 5.75 Å². The van der Waals surface area contributed by atoms with Crippen LogP contribution in [-0.2, 0) is 20.5 Å². The molecule has 0 saturated heterocycles. The topological polar surface area (TPSA) is 48.2 Å². The minimum absolute atomic E-state index is 0.0621. The number of para-hydroxylation sites is 1. The van der Waals surface area contributed by atoms with Crippen LogP contribution in [0.4, 0.5) is 0 Å². The van der Waals surface area contributed by atoms with E-state index in [9.17, 15) is 4.79 Å². The van der Waals surface area contributed by atoms with Gasteiger partial charge >= 0.3 is 0 Å². The molecule has 0 aliphatic heterocycles. The zero-order valence-electron chi connectivity index (χ0n) is 15.8. The maximum absolute atomic E-state index is 12.7. The van der Waals surface area contributed by atoms with Gasteiger partial charge in [-0.2, -0.15) is 0 Å². The van der Waals surface area contributed by atoms with Crippen molar-refractivity contribution in [3.05, 3.63) is 66.0 Å². The first-order valence-electron chi connectivity index (χ1n) is 9.03. The maximum Gasteiger partial charge on any atom is 0.267 e. The molecule has 2 aromatic heterocycles. The predicted octanol–water partition coefficient (Wildman–Crippen LogP) is 3.65. The van der Waals surface area contributed by atoms with E-state index in [-0.39, 0.29) is 5.91 Å². The molecule has 1 amide bonds. The first kappa shape index (κ1) is 17.2. The van der Waals surface area contributed by atoms with E-state index in [1.165, 1.54) is 16.5 Å². The number of hydrogen-bond acceptors (Lipinski definition) is 2. The molecule has 0 radical (unpaired) electrons. The fourth-order valence-corrected chi connectivity index (χ4v) is 3.68. The highest BCUT2D eigenvalue weighted by atomic mass is 16.5. The molecule has 5 nitrogen and oxygen atoms in total. The average molecular weight is 361 g/mol. The van der Waals surface area contributed by atoms with Gasteiger partial charge in [0.05, 0.1) is 12.6 Å². The Morgan fingerprint density at radius 1 is 1.07 bits per heavy atom. The minimum atomic E-state index is -0.0621. The van der Waals surface area contributed by atoms with E-state index in [0.29, 0.717) is 12.2 Å². The summed E-state index contributed by atoms with van der Waals surface area (Å²) < 4.78 is 9.32.